The van der Waals surface area contributed by atoms with Gasteiger partial charge in [-0.1, -0.05) is 245 Å². The van der Waals surface area contributed by atoms with E-state index in [1.165, 1.54) is 77.0 Å². The first-order valence-electron chi connectivity index (χ1n) is 32.4. The maximum atomic E-state index is 13.6. The Bertz CT molecular complexity index is 1780. The van der Waals surface area contributed by atoms with Crippen LogP contribution < -0.4 is 5.32 Å². The van der Waals surface area contributed by atoms with Crippen LogP contribution in [0.25, 0.3) is 0 Å². The summed E-state index contributed by atoms with van der Waals surface area (Å²) in [5.74, 6) is -0.554. The first-order chi connectivity index (χ1) is 38.9. The van der Waals surface area contributed by atoms with E-state index < -0.39 is 20.0 Å². The zero-order valence-corrected chi connectivity index (χ0v) is 53.2. The lowest BCUT2D eigenvalue weighted by Crippen LogP contribution is -2.47. The Morgan fingerprint density at radius 2 is 0.800 bits per heavy atom. The number of amides is 1. The minimum Gasteiger partial charge on any atom is -0.456 e. The molecule has 2 N–H and O–H groups in total. The summed E-state index contributed by atoms with van der Waals surface area (Å²) in [4.78, 5) is 37.8. The Morgan fingerprint density at radius 3 is 1.23 bits per heavy atom. The second kappa shape index (κ2) is 58.6. The molecule has 3 atom stereocenters. The average molecular weight is 1130 g/mol. The Balaban J connectivity index is 5.26. The lowest BCUT2D eigenvalue weighted by molar-refractivity contribution is -0.870. The number of nitrogens with one attached hydrogen (secondary N) is 1. The molecule has 458 valence electrons. The van der Waals surface area contributed by atoms with Crippen LogP contribution in [0.1, 0.15) is 258 Å². The van der Waals surface area contributed by atoms with E-state index in [2.05, 4.69) is 135 Å². The van der Waals surface area contributed by atoms with Gasteiger partial charge in [0.05, 0.1) is 33.8 Å². The minimum absolute atomic E-state index is 0.0267. The van der Waals surface area contributed by atoms with E-state index in [9.17, 15) is 19.0 Å². The van der Waals surface area contributed by atoms with Gasteiger partial charge in [0, 0.05) is 12.8 Å². The number of phosphoric acid groups is 1. The second-order valence-electron chi connectivity index (χ2n) is 22.5. The summed E-state index contributed by atoms with van der Waals surface area (Å²) >= 11 is 0. The van der Waals surface area contributed by atoms with Crippen LogP contribution >= 0.6 is 7.82 Å². The van der Waals surface area contributed by atoms with Gasteiger partial charge < -0.3 is 19.4 Å². The van der Waals surface area contributed by atoms with Crippen LogP contribution in [0, 0.1) is 0 Å². The highest BCUT2D eigenvalue weighted by atomic mass is 31.2. The van der Waals surface area contributed by atoms with Crippen LogP contribution in [0.3, 0.4) is 0 Å². The quantitative estimate of drug-likeness (QED) is 0.0205. The molecular weight excluding hydrogens is 1010 g/mol. The monoisotopic (exact) mass is 1130 g/mol. The summed E-state index contributed by atoms with van der Waals surface area (Å²) in [6.07, 6.45) is 81.9. The van der Waals surface area contributed by atoms with Crippen molar-refractivity contribution in [1.29, 1.82) is 0 Å². The third-order valence-electron chi connectivity index (χ3n) is 13.6. The molecule has 0 aromatic heterocycles. The van der Waals surface area contributed by atoms with Crippen LogP contribution in [0.15, 0.2) is 122 Å². The van der Waals surface area contributed by atoms with Crippen LogP contribution in [-0.2, 0) is 27.9 Å². The third kappa shape index (κ3) is 59.0. The van der Waals surface area contributed by atoms with Gasteiger partial charge in [0.25, 0.3) is 0 Å². The number of likely N-dealkylation sites (N-methyl/N-ethyl adjacent to an activating group) is 1. The Kier molecular flexibility index (Phi) is 56.0. The zero-order chi connectivity index (χ0) is 58.6. The zero-order valence-electron chi connectivity index (χ0n) is 52.3. The van der Waals surface area contributed by atoms with Crippen molar-refractivity contribution in [2.45, 2.75) is 270 Å². The maximum absolute atomic E-state index is 13.6. The molecule has 0 bridgehead atoms. The van der Waals surface area contributed by atoms with E-state index in [0.717, 1.165) is 135 Å². The molecule has 3 unspecified atom stereocenters. The molecule has 0 saturated heterocycles. The standard InChI is InChI=1S/C70H121N2O7P/c1-7-10-13-16-19-22-25-28-30-32-33-34-35-36-37-38-39-41-43-45-48-51-54-57-60-63-70(74)79-68(61-58-55-52-49-46-27-24-21-18-15-12-9-3)67(66-78-80(75,76)77-65-64-72(4,5)6)71-69(73)62-59-56-53-50-47-44-42-40-31-29-26-23-20-17-14-11-8-2/h10,13,19-20,22-23,28-31,33-34,36-37,39,41-42,44,58,61,67-68H,7-9,11-12,14-18,21,24-27,32,35,38,40,43,45-57,59-60,62-66H2,1-6H3,(H-,71,73,75,76)/p+1/b13-10-,22-19-,23-20-,30-28-,31-29-,34-33-,37-36-,41-39-,44-42-,61-58-. The van der Waals surface area contributed by atoms with Crippen molar-refractivity contribution in [1.82, 2.24) is 5.32 Å². The molecule has 80 heavy (non-hydrogen) atoms. The number of hydrogen-bond acceptors (Lipinski definition) is 6. The summed E-state index contributed by atoms with van der Waals surface area (Å²) in [5.41, 5.74) is 0. The normalized spacial score (nSPS) is 14.4. The summed E-state index contributed by atoms with van der Waals surface area (Å²) in [5, 5.41) is 3.04. The Hall–Kier alpha value is -3.59. The second-order valence-corrected chi connectivity index (χ2v) is 24.0. The number of phosphoric ester groups is 1. The van der Waals surface area contributed by atoms with E-state index in [4.69, 9.17) is 13.8 Å². The first kappa shape index (κ1) is 76.4. The van der Waals surface area contributed by atoms with Gasteiger partial charge in [0.2, 0.25) is 5.91 Å². The molecule has 0 fully saturated rings. The van der Waals surface area contributed by atoms with Crippen molar-refractivity contribution in [3.05, 3.63) is 122 Å². The Morgan fingerprint density at radius 1 is 0.450 bits per heavy atom. The van der Waals surface area contributed by atoms with Gasteiger partial charge in [0.1, 0.15) is 19.3 Å². The SMILES string of the molecule is CC/C=C\C/C=C\C/C=C\C/C=C\C/C=C\C/C=C\CCCCCCCCC(=O)OC(/C=C\CCCCCCCCCCCC)C(COP(=O)(O)OCC[N+](C)(C)C)NC(=O)CCCCCC/C=C\C/C=C\C/C=C\CCCCC. The molecule has 10 heteroatoms. The van der Waals surface area contributed by atoms with Crippen LogP contribution in [0.4, 0.5) is 0 Å². The number of carbonyl (C=O) groups is 2. The number of nitrogens with zero attached hydrogens (tertiary/aromatic N) is 1. The van der Waals surface area contributed by atoms with Gasteiger partial charge in [-0.3, -0.25) is 18.6 Å². The number of unbranched alkanes of at least 4 members (excludes halogenated alkanes) is 23. The molecule has 0 aliphatic rings. The number of carbonyl (C=O) groups excluding carboxylic acids is 2. The minimum atomic E-state index is -4.47. The summed E-state index contributed by atoms with van der Waals surface area (Å²) < 4.78 is 30.7. The number of quaternary nitrogens is 1. The van der Waals surface area contributed by atoms with Crippen molar-refractivity contribution < 1.29 is 37.3 Å². The first-order valence-corrected chi connectivity index (χ1v) is 33.9. The number of ether oxygens (including phenoxy) is 1. The largest absolute Gasteiger partial charge is 0.472 e. The summed E-state index contributed by atoms with van der Waals surface area (Å²) in [6.45, 7) is 6.83. The van der Waals surface area contributed by atoms with Gasteiger partial charge in [-0.2, -0.15) is 0 Å². The van der Waals surface area contributed by atoms with Crippen LogP contribution in [-0.4, -0.2) is 74.3 Å². The smallest absolute Gasteiger partial charge is 0.456 e. The summed E-state index contributed by atoms with van der Waals surface area (Å²) in [6, 6.07) is -0.875. The molecule has 0 rings (SSSR count). The van der Waals surface area contributed by atoms with Crippen molar-refractivity contribution in [2.75, 3.05) is 40.9 Å². The van der Waals surface area contributed by atoms with Crippen LogP contribution in [0.5, 0.6) is 0 Å². The molecule has 1 amide bonds. The fourth-order valence-corrected chi connectivity index (χ4v) is 9.39. The maximum Gasteiger partial charge on any atom is 0.472 e. The predicted octanol–water partition coefficient (Wildman–Crippen LogP) is 20.3. The molecule has 0 radical (unpaired) electrons. The molecule has 0 saturated carbocycles. The summed E-state index contributed by atoms with van der Waals surface area (Å²) in [7, 11) is 1.45. The highest BCUT2D eigenvalue weighted by Crippen LogP contribution is 2.43. The van der Waals surface area contributed by atoms with E-state index >= 15 is 0 Å². The lowest BCUT2D eigenvalue weighted by Gasteiger charge is -2.27. The molecule has 0 aliphatic heterocycles. The van der Waals surface area contributed by atoms with E-state index in [-0.39, 0.29) is 31.5 Å². The van der Waals surface area contributed by atoms with Crippen molar-refractivity contribution in [3.63, 3.8) is 0 Å². The van der Waals surface area contributed by atoms with E-state index in [0.29, 0.717) is 30.3 Å². The van der Waals surface area contributed by atoms with Crippen molar-refractivity contribution >= 4 is 19.7 Å². The Labute approximate surface area is 493 Å². The lowest BCUT2D eigenvalue weighted by atomic mass is 10.0. The van der Waals surface area contributed by atoms with Gasteiger partial charge in [0.15, 0.2) is 0 Å². The molecular formula is C70H122N2O7P+. The van der Waals surface area contributed by atoms with E-state index in [1.807, 2.05) is 33.3 Å². The fraction of sp³-hybridized carbons (Fsp3) is 0.686. The van der Waals surface area contributed by atoms with Crippen molar-refractivity contribution in [2.24, 2.45) is 0 Å². The van der Waals surface area contributed by atoms with Gasteiger partial charge in [-0.05, 0) is 122 Å². The molecule has 0 aliphatic carbocycles. The number of esters is 1. The van der Waals surface area contributed by atoms with Gasteiger partial charge in [-0.15, -0.1) is 0 Å². The highest BCUT2D eigenvalue weighted by molar-refractivity contribution is 7.47. The molecule has 0 aromatic carbocycles. The molecule has 9 nitrogen and oxygen atoms in total. The number of hydrogen-bond donors (Lipinski definition) is 2. The van der Waals surface area contributed by atoms with Crippen molar-refractivity contribution in [3.8, 4) is 0 Å². The predicted molar refractivity (Wildman–Crippen MR) is 346 cm³/mol. The van der Waals surface area contributed by atoms with E-state index in [1.54, 1.807) is 0 Å². The van der Waals surface area contributed by atoms with Crippen LogP contribution in [0.2, 0.25) is 0 Å². The average Bonchev–Trinajstić information content (AvgIpc) is 3.42. The highest BCUT2D eigenvalue weighted by Gasteiger charge is 2.30. The fourth-order valence-electron chi connectivity index (χ4n) is 8.66. The van der Waals surface area contributed by atoms with Gasteiger partial charge in [-0.25, -0.2) is 4.57 Å². The molecule has 0 heterocycles. The molecule has 0 spiro atoms. The number of allylic oxidation sites excluding steroid dienone is 19. The third-order valence-corrected chi connectivity index (χ3v) is 14.6. The topological polar surface area (TPSA) is 111 Å². The molecule has 0 aromatic rings. The number of rotatable bonds is 57. The van der Waals surface area contributed by atoms with Gasteiger partial charge >= 0.3 is 13.8 Å².